The average molecular weight is 548 g/mol. The average Bonchev–Trinajstić information content (AvgIpc) is 2.92. The number of carbonyl (C=O) groups is 1. The highest BCUT2D eigenvalue weighted by molar-refractivity contribution is 6.03. The molecule has 212 valence electrons. The van der Waals surface area contributed by atoms with Gasteiger partial charge in [-0.25, -0.2) is 17.6 Å². The standard InChI is InChI=1S/C31H37F4NO3/c1-7-30(3,4)18-11-14-22(21(17-18)31(5,6)8-2)39-16-10-9-15-36-29(38)20-13-12-19-23(28(20)37)25(33)27(35)26(34)24(19)32/h11-14,17,37H,7-10,15-16H2,1-6H3,(H,36,38). The molecule has 0 aliphatic rings. The topological polar surface area (TPSA) is 58.6 Å². The molecule has 0 bridgehead atoms. The van der Waals surface area contributed by atoms with Crippen LogP contribution in [0.1, 0.15) is 88.7 Å². The number of halogens is 4. The lowest BCUT2D eigenvalue weighted by molar-refractivity contribution is 0.0950. The molecule has 3 aromatic carbocycles. The summed E-state index contributed by atoms with van der Waals surface area (Å²) < 4.78 is 61.5. The summed E-state index contributed by atoms with van der Waals surface area (Å²) in [6.45, 7) is 13.8. The highest BCUT2D eigenvalue weighted by atomic mass is 19.2. The lowest BCUT2D eigenvalue weighted by atomic mass is 9.76. The fourth-order valence-corrected chi connectivity index (χ4v) is 4.31. The Kier molecular flexibility index (Phi) is 9.19. The fraction of sp³-hybridized carbons (Fsp3) is 0.452. The van der Waals surface area contributed by atoms with Crippen molar-refractivity contribution in [3.05, 3.63) is 70.3 Å². The number of ether oxygens (including phenoxy) is 1. The fourth-order valence-electron chi connectivity index (χ4n) is 4.31. The van der Waals surface area contributed by atoms with Gasteiger partial charge in [0.05, 0.1) is 17.6 Å². The number of benzene rings is 3. The molecule has 0 aliphatic carbocycles. The molecule has 0 atom stereocenters. The number of nitrogens with one attached hydrogen (secondary N) is 1. The Labute approximate surface area is 227 Å². The van der Waals surface area contributed by atoms with Crippen molar-refractivity contribution in [2.24, 2.45) is 0 Å². The first-order valence-corrected chi connectivity index (χ1v) is 13.3. The second-order valence-corrected chi connectivity index (χ2v) is 11.1. The Morgan fingerprint density at radius 2 is 1.51 bits per heavy atom. The van der Waals surface area contributed by atoms with E-state index < -0.39 is 45.7 Å². The quantitative estimate of drug-likeness (QED) is 0.110. The maximum atomic E-state index is 14.2. The van der Waals surface area contributed by atoms with Gasteiger partial charge in [0.25, 0.3) is 5.91 Å². The molecule has 3 aromatic rings. The molecule has 4 nitrogen and oxygen atoms in total. The minimum Gasteiger partial charge on any atom is -0.506 e. The van der Waals surface area contributed by atoms with Crippen molar-refractivity contribution in [2.75, 3.05) is 13.2 Å². The summed E-state index contributed by atoms with van der Waals surface area (Å²) in [4.78, 5) is 12.6. The number of phenolic OH excluding ortho intramolecular Hbond substituents is 1. The van der Waals surface area contributed by atoms with Crippen LogP contribution in [-0.2, 0) is 10.8 Å². The normalized spacial score (nSPS) is 12.2. The van der Waals surface area contributed by atoms with Crippen LogP contribution in [0.4, 0.5) is 17.6 Å². The summed E-state index contributed by atoms with van der Waals surface area (Å²) in [7, 11) is 0. The zero-order valence-corrected chi connectivity index (χ0v) is 23.4. The van der Waals surface area contributed by atoms with Gasteiger partial charge >= 0.3 is 0 Å². The molecule has 0 aromatic heterocycles. The van der Waals surface area contributed by atoms with Crippen molar-refractivity contribution < 1.29 is 32.2 Å². The van der Waals surface area contributed by atoms with E-state index in [-0.39, 0.29) is 22.9 Å². The maximum Gasteiger partial charge on any atom is 0.255 e. The number of phenols is 1. The first-order valence-electron chi connectivity index (χ1n) is 13.3. The van der Waals surface area contributed by atoms with Gasteiger partial charge in [-0.3, -0.25) is 4.79 Å². The van der Waals surface area contributed by atoms with Crippen LogP contribution in [0.3, 0.4) is 0 Å². The van der Waals surface area contributed by atoms with Gasteiger partial charge in [-0.15, -0.1) is 0 Å². The van der Waals surface area contributed by atoms with E-state index in [1.54, 1.807) is 0 Å². The van der Waals surface area contributed by atoms with Gasteiger partial charge in [-0.1, -0.05) is 59.7 Å². The van der Waals surface area contributed by atoms with Crippen LogP contribution in [0.5, 0.6) is 11.5 Å². The second-order valence-electron chi connectivity index (χ2n) is 11.1. The number of carbonyl (C=O) groups excluding carboxylic acids is 1. The van der Waals surface area contributed by atoms with Crippen LogP contribution < -0.4 is 10.1 Å². The molecule has 0 fully saturated rings. The molecule has 0 unspecified atom stereocenters. The lowest BCUT2D eigenvalue weighted by Gasteiger charge is -2.30. The predicted octanol–water partition coefficient (Wildman–Crippen LogP) is 8.07. The summed E-state index contributed by atoms with van der Waals surface area (Å²) in [5.74, 6) is -8.30. The Morgan fingerprint density at radius 3 is 2.15 bits per heavy atom. The second kappa shape index (κ2) is 11.8. The SMILES string of the molecule is CCC(C)(C)c1ccc(OCCCCNC(=O)c2ccc3c(F)c(F)c(F)c(F)c3c2O)c(C(C)(C)CC)c1. The van der Waals surface area contributed by atoms with Gasteiger partial charge in [0.1, 0.15) is 11.5 Å². The number of hydrogen-bond donors (Lipinski definition) is 2. The van der Waals surface area contributed by atoms with E-state index >= 15 is 0 Å². The van der Waals surface area contributed by atoms with Crippen molar-refractivity contribution >= 4 is 16.7 Å². The zero-order valence-electron chi connectivity index (χ0n) is 23.4. The van der Waals surface area contributed by atoms with E-state index in [4.69, 9.17) is 4.74 Å². The molecule has 0 saturated heterocycles. The van der Waals surface area contributed by atoms with Gasteiger partial charge in [-0.05, 0) is 54.2 Å². The molecule has 1 amide bonds. The van der Waals surface area contributed by atoms with Gasteiger partial charge in [0, 0.05) is 17.5 Å². The van der Waals surface area contributed by atoms with E-state index in [1.807, 2.05) is 6.07 Å². The molecule has 8 heteroatoms. The van der Waals surface area contributed by atoms with E-state index in [0.29, 0.717) is 19.4 Å². The Hall–Kier alpha value is -3.29. The van der Waals surface area contributed by atoms with Crippen molar-refractivity contribution in [3.8, 4) is 11.5 Å². The maximum absolute atomic E-state index is 14.2. The number of unbranched alkanes of at least 4 members (excludes halogenated alkanes) is 1. The molecule has 2 N–H and O–H groups in total. The van der Waals surface area contributed by atoms with E-state index in [2.05, 4.69) is 59.0 Å². The van der Waals surface area contributed by atoms with Gasteiger partial charge in [0.2, 0.25) is 0 Å². The Bertz CT molecular complexity index is 1370. The number of hydrogen-bond acceptors (Lipinski definition) is 3. The highest BCUT2D eigenvalue weighted by Gasteiger charge is 2.27. The van der Waals surface area contributed by atoms with Crippen molar-refractivity contribution in [3.63, 3.8) is 0 Å². The molecule has 39 heavy (non-hydrogen) atoms. The van der Waals surface area contributed by atoms with Gasteiger partial charge < -0.3 is 15.2 Å². The van der Waals surface area contributed by atoms with Crippen molar-refractivity contribution in [2.45, 2.75) is 78.1 Å². The smallest absolute Gasteiger partial charge is 0.255 e. The van der Waals surface area contributed by atoms with Gasteiger partial charge in [0.15, 0.2) is 23.3 Å². The van der Waals surface area contributed by atoms with Crippen LogP contribution in [0.2, 0.25) is 0 Å². The third-order valence-corrected chi connectivity index (χ3v) is 7.83. The Morgan fingerprint density at radius 1 is 0.872 bits per heavy atom. The van der Waals surface area contributed by atoms with E-state index in [0.717, 1.165) is 36.3 Å². The summed E-state index contributed by atoms with van der Waals surface area (Å²) in [6, 6.07) is 8.35. The predicted molar refractivity (Wildman–Crippen MR) is 146 cm³/mol. The number of fused-ring (bicyclic) bond motifs is 1. The molecule has 0 radical (unpaired) electrons. The third kappa shape index (κ3) is 6.15. The first-order chi connectivity index (χ1) is 18.3. The van der Waals surface area contributed by atoms with Crippen LogP contribution in [-0.4, -0.2) is 24.2 Å². The van der Waals surface area contributed by atoms with Crippen molar-refractivity contribution in [1.29, 1.82) is 0 Å². The summed E-state index contributed by atoms with van der Waals surface area (Å²) in [5.41, 5.74) is 2.04. The molecule has 0 aliphatic heterocycles. The largest absolute Gasteiger partial charge is 0.506 e. The minimum atomic E-state index is -2.05. The van der Waals surface area contributed by atoms with E-state index in [9.17, 15) is 27.5 Å². The van der Waals surface area contributed by atoms with Crippen molar-refractivity contribution in [1.82, 2.24) is 5.32 Å². The zero-order chi connectivity index (χ0) is 29.1. The first kappa shape index (κ1) is 30.3. The van der Waals surface area contributed by atoms with Crippen LogP contribution in [0, 0.1) is 23.3 Å². The van der Waals surface area contributed by atoms with Crippen LogP contribution in [0.15, 0.2) is 30.3 Å². The molecule has 3 rings (SSSR count). The highest BCUT2D eigenvalue weighted by Crippen LogP contribution is 2.39. The third-order valence-electron chi connectivity index (χ3n) is 7.83. The summed E-state index contributed by atoms with van der Waals surface area (Å²) in [6.07, 6.45) is 3.15. The molecular weight excluding hydrogens is 510 g/mol. The lowest BCUT2D eigenvalue weighted by Crippen LogP contribution is -2.25. The molecule has 0 saturated carbocycles. The number of amides is 1. The number of rotatable bonds is 11. The van der Waals surface area contributed by atoms with Gasteiger partial charge in [-0.2, -0.15) is 0 Å². The van der Waals surface area contributed by atoms with Crippen LogP contribution in [0.25, 0.3) is 10.8 Å². The molecule has 0 spiro atoms. The molecular formula is C31H37F4NO3. The van der Waals surface area contributed by atoms with E-state index in [1.165, 1.54) is 5.56 Å². The minimum absolute atomic E-state index is 0.0546. The summed E-state index contributed by atoms with van der Waals surface area (Å²) in [5, 5.41) is 11.4. The summed E-state index contributed by atoms with van der Waals surface area (Å²) >= 11 is 0. The van der Waals surface area contributed by atoms with Crippen LogP contribution >= 0.6 is 0 Å². The Balaban J connectivity index is 1.62. The molecule has 0 heterocycles. The number of aromatic hydroxyl groups is 1. The monoisotopic (exact) mass is 547 g/mol.